The van der Waals surface area contributed by atoms with E-state index in [1.54, 1.807) is 6.07 Å². The highest BCUT2D eigenvalue weighted by Crippen LogP contribution is 2.25. The van der Waals surface area contributed by atoms with E-state index in [0.29, 0.717) is 29.5 Å². The van der Waals surface area contributed by atoms with E-state index >= 15 is 0 Å². The largest absolute Gasteiger partial charge is 0.313 e. The van der Waals surface area contributed by atoms with Crippen molar-refractivity contribution in [2.24, 2.45) is 0 Å². The van der Waals surface area contributed by atoms with Gasteiger partial charge in [-0.3, -0.25) is 0 Å². The van der Waals surface area contributed by atoms with E-state index in [2.05, 4.69) is 59.6 Å². The van der Waals surface area contributed by atoms with Gasteiger partial charge in [0.1, 0.15) is 17.6 Å². The highest BCUT2D eigenvalue weighted by Gasteiger charge is 2.17. The number of aryl methyl sites for hydroxylation is 1. The summed E-state index contributed by atoms with van der Waals surface area (Å²) in [5.41, 5.74) is 3.17. The van der Waals surface area contributed by atoms with E-state index < -0.39 is 0 Å². The Kier molecular flexibility index (Phi) is 6.40. The molecule has 9 heteroatoms. The monoisotopic (exact) mass is 429 g/mol. The predicted molar refractivity (Wildman–Crippen MR) is 120 cm³/mol. The second-order valence-corrected chi connectivity index (χ2v) is 7.92. The van der Waals surface area contributed by atoms with E-state index in [-0.39, 0.29) is 0 Å². The third-order valence-electron chi connectivity index (χ3n) is 5.68. The summed E-state index contributed by atoms with van der Waals surface area (Å²) in [5.74, 6) is 2.72. The smallest absolute Gasteiger partial charge is 0.222 e. The van der Waals surface area contributed by atoms with Gasteiger partial charge in [0, 0.05) is 24.2 Å². The van der Waals surface area contributed by atoms with Crippen molar-refractivity contribution in [3.63, 3.8) is 0 Å². The Labute approximate surface area is 187 Å². The van der Waals surface area contributed by atoms with Gasteiger partial charge in [0.05, 0.1) is 12.1 Å². The van der Waals surface area contributed by atoms with Crippen LogP contribution < -0.4 is 0 Å². The number of unbranched alkanes of at least 4 members (excludes halogenated alkanes) is 1. The number of hydrogen-bond donors (Lipinski definition) is 1. The van der Waals surface area contributed by atoms with Gasteiger partial charge < -0.3 is 4.57 Å². The van der Waals surface area contributed by atoms with Gasteiger partial charge in [-0.05, 0) is 41.8 Å². The Morgan fingerprint density at radius 3 is 2.62 bits per heavy atom. The third kappa shape index (κ3) is 4.30. The summed E-state index contributed by atoms with van der Waals surface area (Å²) in [6, 6.07) is 12.2. The first-order chi connectivity index (χ1) is 15.6. The zero-order valence-corrected chi connectivity index (χ0v) is 18.7. The Bertz CT molecular complexity index is 1190. The molecule has 1 atom stereocenters. The van der Waals surface area contributed by atoms with Gasteiger partial charge >= 0.3 is 0 Å². The minimum absolute atomic E-state index is 0.352. The van der Waals surface area contributed by atoms with E-state index in [1.807, 2.05) is 27.6 Å². The van der Waals surface area contributed by atoms with Gasteiger partial charge in [0.2, 0.25) is 5.82 Å². The molecule has 1 N–H and O–H groups in total. The standard InChI is InChI=1S/C23H27N9/c1-4-6-7-20-25-22(16(3)5-2)28-32(20)15-17-8-10-19(11-9-17)31-13-12-18(14-24)21(31)23-26-29-30-27-23/h8-13,16H,4-7,15H2,1-3H3,(H,26,27,29,30). The Morgan fingerprint density at radius 2 is 1.97 bits per heavy atom. The van der Waals surface area contributed by atoms with Crippen LogP contribution in [-0.2, 0) is 13.0 Å². The lowest BCUT2D eigenvalue weighted by Gasteiger charge is -2.10. The fourth-order valence-corrected chi connectivity index (χ4v) is 3.59. The van der Waals surface area contributed by atoms with Crippen LogP contribution in [0.5, 0.6) is 0 Å². The molecule has 0 amide bonds. The average Bonchev–Trinajstić information content (AvgIpc) is 3.57. The van der Waals surface area contributed by atoms with Crippen molar-refractivity contribution in [2.45, 2.75) is 58.9 Å². The number of rotatable bonds is 9. The lowest BCUT2D eigenvalue weighted by molar-refractivity contribution is 0.602. The van der Waals surface area contributed by atoms with Gasteiger partial charge in [-0.15, -0.1) is 10.2 Å². The summed E-state index contributed by atoms with van der Waals surface area (Å²) in [6.07, 6.45) is 6.04. The molecular weight excluding hydrogens is 402 g/mol. The number of benzene rings is 1. The summed E-state index contributed by atoms with van der Waals surface area (Å²) >= 11 is 0. The van der Waals surface area contributed by atoms with Crippen LogP contribution in [0.4, 0.5) is 0 Å². The van der Waals surface area contributed by atoms with Gasteiger partial charge in [0.15, 0.2) is 5.82 Å². The van der Waals surface area contributed by atoms with Gasteiger partial charge in [-0.1, -0.05) is 39.3 Å². The fraction of sp³-hybridized carbons (Fsp3) is 0.391. The molecule has 4 rings (SSSR count). The first kappa shape index (κ1) is 21.4. The first-order valence-corrected chi connectivity index (χ1v) is 11.0. The van der Waals surface area contributed by atoms with Crippen LogP contribution in [0.3, 0.4) is 0 Å². The van der Waals surface area contributed by atoms with Crippen molar-refractivity contribution in [1.82, 2.24) is 40.0 Å². The molecule has 1 unspecified atom stereocenters. The summed E-state index contributed by atoms with van der Waals surface area (Å²) in [5, 5.41) is 28.4. The summed E-state index contributed by atoms with van der Waals surface area (Å²) < 4.78 is 3.94. The molecule has 0 aliphatic rings. The zero-order valence-electron chi connectivity index (χ0n) is 18.7. The van der Waals surface area contributed by atoms with Crippen LogP contribution >= 0.6 is 0 Å². The van der Waals surface area contributed by atoms with Crippen molar-refractivity contribution >= 4 is 0 Å². The van der Waals surface area contributed by atoms with Gasteiger partial charge in [-0.2, -0.15) is 15.6 Å². The minimum atomic E-state index is 0.352. The quantitative estimate of drug-likeness (QED) is 0.430. The lowest BCUT2D eigenvalue weighted by Crippen LogP contribution is -2.08. The molecule has 0 saturated carbocycles. The van der Waals surface area contributed by atoms with Crippen LogP contribution in [0.15, 0.2) is 36.5 Å². The van der Waals surface area contributed by atoms with Crippen LogP contribution in [0, 0.1) is 11.3 Å². The second-order valence-electron chi connectivity index (χ2n) is 7.92. The number of H-pyrrole nitrogens is 1. The van der Waals surface area contributed by atoms with E-state index in [4.69, 9.17) is 10.1 Å². The number of aromatic nitrogens is 8. The predicted octanol–water partition coefficient (Wildman–Crippen LogP) is 4.02. The highest BCUT2D eigenvalue weighted by molar-refractivity contribution is 5.64. The normalized spacial score (nSPS) is 12.1. The molecule has 4 aromatic rings. The number of nitrogens with zero attached hydrogens (tertiary/aromatic N) is 8. The number of aromatic amines is 1. The maximum Gasteiger partial charge on any atom is 0.222 e. The Hall–Kier alpha value is -3.80. The van der Waals surface area contributed by atoms with Crippen LogP contribution in [-0.4, -0.2) is 40.0 Å². The molecule has 0 saturated heterocycles. The molecule has 164 valence electrons. The number of nitrogens with one attached hydrogen (secondary N) is 1. The average molecular weight is 430 g/mol. The third-order valence-corrected chi connectivity index (χ3v) is 5.68. The molecule has 32 heavy (non-hydrogen) atoms. The molecule has 3 aromatic heterocycles. The molecular formula is C23H27N9. The number of hydrogen-bond acceptors (Lipinski definition) is 6. The van der Waals surface area contributed by atoms with Crippen molar-refractivity contribution in [3.8, 4) is 23.3 Å². The number of nitriles is 1. The molecule has 3 heterocycles. The maximum atomic E-state index is 9.47. The SMILES string of the molecule is CCCCc1nc(C(C)CC)nn1Cc1ccc(-n2ccc(C#N)c2-c2nn[nH]n2)cc1. The Balaban J connectivity index is 1.60. The van der Waals surface area contributed by atoms with E-state index in [9.17, 15) is 5.26 Å². The summed E-state index contributed by atoms with van der Waals surface area (Å²) in [4.78, 5) is 4.83. The van der Waals surface area contributed by atoms with Gasteiger partial charge in [-0.25, -0.2) is 9.67 Å². The van der Waals surface area contributed by atoms with Crippen molar-refractivity contribution in [2.75, 3.05) is 0 Å². The molecule has 0 fully saturated rings. The highest BCUT2D eigenvalue weighted by atomic mass is 15.5. The molecule has 9 nitrogen and oxygen atoms in total. The second kappa shape index (κ2) is 9.56. The van der Waals surface area contributed by atoms with E-state index in [1.165, 1.54) is 0 Å². The molecule has 0 radical (unpaired) electrons. The number of tetrazole rings is 1. The van der Waals surface area contributed by atoms with Crippen molar-refractivity contribution in [3.05, 3.63) is 59.3 Å². The van der Waals surface area contributed by atoms with Crippen LogP contribution in [0.25, 0.3) is 17.2 Å². The van der Waals surface area contributed by atoms with Crippen molar-refractivity contribution < 1.29 is 0 Å². The summed E-state index contributed by atoms with van der Waals surface area (Å²) in [6.45, 7) is 7.20. The molecule has 0 aliphatic heterocycles. The fourth-order valence-electron chi connectivity index (χ4n) is 3.59. The molecule has 1 aromatic carbocycles. The van der Waals surface area contributed by atoms with Gasteiger partial charge in [0.25, 0.3) is 0 Å². The molecule has 0 bridgehead atoms. The summed E-state index contributed by atoms with van der Waals surface area (Å²) in [7, 11) is 0. The van der Waals surface area contributed by atoms with Crippen LogP contribution in [0.2, 0.25) is 0 Å². The lowest BCUT2D eigenvalue weighted by atomic mass is 10.1. The minimum Gasteiger partial charge on any atom is -0.313 e. The first-order valence-electron chi connectivity index (χ1n) is 11.0. The van der Waals surface area contributed by atoms with Crippen LogP contribution in [0.1, 0.15) is 68.7 Å². The molecule has 0 spiro atoms. The maximum absolute atomic E-state index is 9.47. The van der Waals surface area contributed by atoms with E-state index in [0.717, 1.165) is 48.6 Å². The topological polar surface area (TPSA) is 114 Å². The molecule has 0 aliphatic carbocycles. The zero-order chi connectivity index (χ0) is 22.5. The Morgan fingerprint density at radius 1 is 1.16 bits per heavy atom. The van der Waals surface area contributed by atoms with Crippen molar-refractivity contribution in [1.29, 1.82) is 5.26 Å².